The highest BCUT2D eigenvalue weighted by Gasteiger charge is 2.31. The Bertz CT molecular complexity index is 839. The lowest BCUT2D eigenvalue weighted by atomic mass is 9.94. The fourth-order valence-electron chi connectivity index (χ4n) is 2.75. The predicted octanol–water partition coefficient (Wildman–Crippen LogP) is 2.97. The Morgan fingerprint density at radius 1 is 1.04 bits per heavy atom. The Morgan fingerprint density at radius 3 is 2.32 bits per heavy atom. The smallest absolute Gasteiger partial charge is 0.319 e. The van der Waals surface area contributed by atoms with Crippen LogP contribution in [-0.2, 0) is 4.79 Å². The van der Waals surface area contributed by atoms with E-state index in [1.54, 1.807) is 19.1 Å². The van der Waals surface area contributed by atoms with Crippen molar-refractivity contribution >= 4 is 17.6 Å². The highest BCUT2D eigenvalue weighted by Crippen LogP contribution is 2.28. The highest BCUT2D eigenvalue weighted by atomic mass is 16.3. The Balaban J connectivity index is 1.92. The molecule has 0 aliphatic carbocycles. The number of benzene rings is 2. The maximum atomic E-state index is 12.8. The van der Waals surface area contributed by atoms with Crippen molar-refractivity contribution in [2.75, 3.05) is 5.32 Å². The number of allylic oxidation sites excluding steroid dienone is 1. The molecule has 0 aromatic heterocycles. The van der Waals surface area contributed by atoms with Crippen LogP contribution < -0.4 is 16.0 Å². The summed E-state index contributed by atoms with van der Waals surface area (Å²) in [7, 11) is 0. The summed E-state index contributed by atoms with van der Waals surface area (Å²) in [6.07, 6.45) is 0. The molecule has 2 aromatic rings. The first-order valence-corrected chi connectivity index (χ1v) is 7.89. The van der Waals surface area contributed by atoms with E-state index in [-0.39, 0.29) is 17.7 Å². The molecule has 1 atom stereocenters. The van der Waals surface area contributed by atoms with Crippen LogP contribution in [0.5, 0.6) is 5.75 Å². The number of hydrogen-bond donors (Lipinski definition) is 4. The third kappa shape index (κ3) is 3.63. The number of rotatable bonds is 3. The topological polar surface area (TPSA) is 90.5 Å². The Kier molecular flexibility index (Phi) is 4.43. The van der Waals surface area contributed by atoms with Gasteiger partial charge >= 0.3 is 6.03 Å². The molecule has 1 unspecified atom stereocenters. The molecule has 1 heterocycles. The molecule has 3 amide bonds. The van der Waals surface area contributed by atoms with Crippen LogP contribution in [-0.4, -0.2) is 17.0 Å². The molecule has 6 heteroatoms. The molecule has 128 valence electrons. The Labute approximate surface area is 145 Å². The van der Waals surface area contributed by atoms with E-state index in [1.807, 2.05) is 31.2 Å². The van der Waals surface area contributed by atoms with E-state index in [4.69, 9.17) is 0 Å². The van der Waals surface area contributed by atoms with Crippen molar-refractivity contribution in [1.29, 1.82) is 0 Å². The fraction of sp³-hybridized carbons (Fsp3) is 0.158. The second kappa shape index (κ2) is 6.68. The molecule has 0 saturated heterocycles. The molecule has 2 aromatic carbocycles. The van der Waals surface area contributed by atoms with E-state index in [2.05, 4.69) is 16.0 Å². The van der Waals surface area contributed by atoms with E-state index in [9.17, 15) is 14.7 Å². The summed E-state index contributed by atoms with van der Waals surface area (Å²) in [6.45, 7) is 3.66. The Hall–Kier alpha value is -3.28. The summed E-state index contributed by atoms with van der Waals surface area (Å²) in [6, 6.07) is 12.9. The molecule has 0 saturated carbocycles. The number of urea groups is 1. The van der Waals surface area contributed by atoms with Crippen LogP contribution in [0.25, 0.3) is 0 Å². The van der Waals surface area contributed by atoms with Crippen LogP contribution in [0.4, 0.5) is 10.5 Å². The van der Waals surface area contributed by atoms with Crippen LogP contribution in [0, 0.1) is 6.92 Å². The molecular formula is C19H19N3O3. The van der Waals surface area contributed by atoms with Crippen molar-refractivity contribution in [3.05, 3.63) is 70.9 Å². The van der Waals surface area contributed by atoms with Crippen LogP contribution in [0.15, 0.2) is 59.8 Å². The molecule has 1 aliphatic rings. The second-order valence-electron chi connectivity index (χ2n) is 5.98. The first kappa shape index (κ1) is 16.6. The summed E-state index contributed by atoms with van der Waals surface area (Å²) in [5.41, 5.74) is 3.40. The number of amides is 3. The zero-order valence-electron chi connectivity index (χ0n) is 14.0. The second-order valence-corrected chi connectivity index (χ2v) is 5.98. The number of carbonyl (C=O) groups excluding carboxylic acids is 2. The highest BCUT2D eigenvalue weighted by molar-refractivity contribution is 6.06. The Morgan fingerprint density at radius 2 is 1.68 bits per heavy atom. The van der Waals surface area contributed by atoms with Crippen LogP contribution in [0.1, 0.15) is 24.1 Å². The average Bonchev–Trinajstić information content (AvgIpc) is 2.57. The van der Waals surface area contributed by atoms with Gasteiger partial charge in [0.1, 0.15) is 5.75 Å². The van der Waals surface area contributed by atoms with Crippen molar-refractivity contribution in [2.45, 2.75) is 19.9 Å². The number of nitrogens with one attached hydrogen (secondary N) is 3. The van der Waals surface area contributed by atoms with Crippen molar-refractivity contribution in [3.8, 4) is 5.75 Å². The van der Waals surface area contributed by atoms with E-state index in [0.29, 0.717) is 22.5 Å². The molecule has 1 aliphatic heterocycles. The number of phenolic OH excluding ortho intramolecular Hbond substituents is 1. The standard InChI is InChI=1S/C19H19N3O3/c1-11-3-7-14(8-4-11)21-18(24)16-12(2)20-19(25)22-17(16)13-5-9-15(23)10-6-13/h3-10,17,23H,1-2H3,(H,21,24)(H2,20,22,25). The molecular weight excluding hydrogens is 318 g/mol. The van der Waals surface area contributed by atoms with Crippen molar-refractivity contribution in [2.24, 2.45) is 0 Å². The quantitative estimate of drug-likeness (QED) is 0.694. The molecule has 3 rings (SSSR count). The van der Waals surface area contributed by atoms with Crippen LogP contribution >= 0.6 is 0 Å². The minimum Gasteiger partial charge on any atom is -0.508 e. The summed E-state index contributed by atoms with van der Waals surface area (Å²) < 4.78 is 0. The number of aromatic hydroxyl groups is 1. The number of carbonyl (C=O) groups is 2. The van der Waals surface area contributed by atoms with Gasteiger partial charge in [-0.1, -0.05) is 29.8 Å². The lowest BCUT2D eigenvalue weighted by Gasteiger charge is -2.28. The largest absolute Gasteiger partial charge is 0.508 e. The number of phenols is 1. The molecule has 0 fully saturated rings. The van der Waals surface area contributed by atoms with Gasteiger partial charge in [-0.25, -0.2) is 4.79 Å². The van der Waals surface area contributed by atoms with E-state index >= 15 is 0 Å². The molecule has 0 bridgehead atoms. The van der Waals surface area contributed by atoms with Crippen molar-refractivity contribution in [3.63, 3.8) is 0 Å². The molecule has 25 heavy (non-hydrogen) atoms. The van der Waals surface area contributed by atoms with Gasteiger partial charge in [0.2, 0.25) is 0 Å². The van der Waals surface area contributed by atoms with E-state index < -0.39 is 6.04 Å². The van der Waals surface area contributed by atoms with Gasteiger partial charge in [0.25, 0.3) is 5.91 Å². The van der Waals surface area contributed by atoms with Gasteiger partial charge in [0.05, 0.1) is 11.6 Å². The number of aryl methyl sites for hydroxylation is 1. The van der Waals surface area contributed by atoms with Crippen LogP contribution in [0.3, 0.4) is 0 Å². The van der Waals surface area contributed by atoms with Gasteiger partial charge in [-0.3, -0.25) is 4.79 Å². The van der Waals surface area contributed by atoms with Gasteiger partial charge in [-0.15, -0.1) is 0 Å². The third-order valence-corrected chi connectivity index (χ3v) is 4.05. The predicted molar refractivity (Wildman–Crippen MR) is 95.0 cm³/mol. The van der Waals surface area contributed by atoms with E-state index in [1.165, 1.54) is 12.1 Å². The van der Waals surface area contributed by atoms with Gasteiger partial charge in [-0.2, -0.15) is 0 Å². The van der Waals surface area contributed by atoms with E-state index in [0.717, 1.165) is 5.56 Å². The zero-order valence-corrected chi connectivity index (χ0v) is 14.0. The molecule has 0 spiro atoms. The first-order chi connectivity index (χ1) is 11.9. The minimum atomic E-state index is -0.597. The van der Waals surface area contributed by atoms with Gasteiger partial charge < -0.3 is 21.1 Å². The molecule has 0 radical (unpaired) electrons. The maximum absolute atomic E-state index is 12.8. The van der Waals surface area contributed by atoms with Crippen LogP contribution in [0.2, 0.25) is 0 Å². The summed E-state index contributed by atoms with van der Waals surface area (Å²) in [5.74, 6) is -0.178. The molecule has 6 nitrogen and oxygen atoms in total. The average molecular weight is 337 g/mol. The fourth-order valence-corrected chi connectivity index (χ4v) is 2.75. The summed E-state index contributed by atoms with van der Waals surface area (Å²) in [5, 5.41) is 17.7. The molecule has 4 N–H and O–H groups in total. The number of hydrogen-bond acceptors (Lipinski definition) is 3. The van der Waals surface area contributed by atoms with Gasteiger partial charge in [0, 0.05) is 11.4 Å². The van der Waals surface area contributed by atoms with Crippen molar-refractivity contribution < 1.29 is 14.7 Å². The SMILES string of the molecule is CC1=C(C(=O)Nc2ccc(C)cc2)C(c2ccc(O)cc2)NC(=O)N1. The number of anilines is 1. The zero-order chi connectivity index (χ0) is 18.0. The maximum Gasteiger partial charge on any atom is 0.319 e. The monoisotopic (exact) mass is 337 g/mol. The lowest BCUT2D eigenvalue weighted by Crippen LogP contribution is -2.45. The first-order valence-electron chi connectivity index (χ1n) is 7.89. The lowest BCUT2D eigenvalue weighted by molar-refractivity contribution is -0.113. The summed E-state index contributed by atoms with van der Waals surface area (Å²) >= 11 is 0. The third-order valence-electron chi connectivity index (χ3n) is 4.05. The van der Waals surface area contributed by atoms with Crippen molar-refractivity contribution in [1.82, 2.24) is 10.6 Å². The van der Waals surface area contributed by atoms with Gasteiger partial charge in [-0.05, 0) is 43.7 Å². The summed E-state index contributed by atoms with van der Waals surface area (Å²) in [4.78, 5) is 24.7. The normalized spacial score (nSPS) is 16.9. The minimum absolute atomic E-state index is 0.121. The van der Waals surface area contributed by atoms with Gasteiger partial charge in [0.15, 0.2) is 0 Å².